The Morgan fingerprint density at radius 3 is 1.32 bits per heavy atom. The van der Waals surface area contributed by atoms with Crippen molar-refractivity contribution in [2.75, 3.05) is 14.2 Å². The first-order chi connectivity index (χ1) is 26.6. The van der Waals surface area contributed by atoms with E-state index in [-0.39, 0.29) is 78.3 Å². The number of methoxy groups -OCH3 is 2. The molecule has 0 radical (unpaired) electrons. The predicted octanol–water partition coefficient (Wildman–Crippen LogP) is 7.25. The minimum atomic E-state index is -1.27. The van der Waals surface area contributed by atoms with Crippen molar-refractivity contribution in [2.45, 2.75) is 0 Å². The van der Waals surface area contributed by atoms with Crippen molar-refractivity contribution in [1.82, 2.24) is 15.0 Å². The van der Waals surface area contributed by atoms with Crippen LogP contribution in [-0.2, 0) is 4.74 Å². The highest BCUT2D eigenvalue weighted by Crippen LogP contribution is 2.36. The molecule has 0 saturated heterocycles. The number of nitrogens with zero attached hydrogens (tertiary/aromatic N) is 6. The van der Waals surface area contributed by atoms with E-state index in [4.69, 9.17) is 51.4 Å². The fraction of sp³-hybridized carbons (Fsp3) is 0.0625. The van der Waals surface area contributed by atoms with E-state index in [1.54, 1.807) is 0 Å². The monoisotopic (exact) mass is 814 g/mol. The van der Waals surface area contributed by atoms with Gasteiger partial charge in [0.15, 0.2) is 53.5 Å². The zero-order valence-corrected chi connectivity index (χ0v) is 29.5. The number of carbonyl (C=O) groups excluding carboxylic acids is 1. The molecule has 3 aromatic carbocycles. The van der Waals surface area contributed by atoms with Crippen molar-refractivity contribution in [1.29, 1.82) is 0 Å². The number of hydrogen-bond acceptors (Lipinski definition) is 17. The molecule has 0 unspecified atom stereocenters. The number of carboxylic acids is 2. The molecule has 6 aromatic rings. The van der Waals surface area contributed by atoms with Gasteiger partial charge in [0.1, 0.15) is 5.75 Å². The van der Waals surface area contributed by atoms with E-state index in [2.05, 4.69) is 19.7 Å². The smallest absolute Gasteiger partial charge is 0.360 e. The number of non-ortho nitro benzene ring substituents is 3. The number of benzene rings is 3. The summed E-state index contributed by atoms with van der Waals surface area (Å²) in [6, 6.07) is 11.2. The van der Waals surface area contributed by atoms with E-state index in [0.29, 0.717) is 5.56 Å². The van der Waals surface area contributed by atoms with Gasteiger partial charge in [-0.1, -0.05) is 23.2 Å². The third-order valence-corrected chi connectivity index (χ3v) is 7.57. The van der Waals surface area contributed by atoms with Crippen LogP contribution in [0.25, 0.3) is 34.0 Å². The second kappa shape index (κ2) is 17.9. The Labute approximate surface area is 319 Å². The number of ether oxygens (including phenoxy) is 2. The number of halogens is 2. The number of carboxylic acid groups (broad SMARTS) is 2. The van der Waals surface area contributed by atoms with Gasteiger partial charge in [0, 0.05) is 41.5 Å². The van der Waals surface area contributed by atoms with E-state index in [9.17, 15) is 44.7 Å². The number of nitro groups is 3. The van der Waals surface area contributed by atoms with Crippen LogP contribution in [0.4, 0.5) is 17.1 Å². The summed E-state index contributed by atoms with van der Waals surface area (Å²) in [6.07, 6.45) is 3.02. The lowest BCUT2D eigenvalue weighted by Gasteiger charge is -2.06. The van der Waals surface area contributed by atoms with Crippen LogP contribution in [0.1, 0.15) is 31.5 Å². The molecule has 0 spiro atoms. The standard InChI is InChI=1S/C11H7ClN2O5.C11H8N2O6.C10H5ClN2O5/c1-18-11(15)9-10(19-5-13-9)7-3-2-6(14(16)17)4-8(7)12;1-18-8-4-6(13(16)17)2-3-7(8)10-9(11(14)15)12-5-19-10;11-7-3-5(13(16)17)1-2-6(7)9-8(10(14)15)12-4-18-9/h2-5H,1H3;2-5H,1H3,(H,14,15);1-4H,(H,14,15). The number of oxazole rings is 3. The van der Waals surface area contributed by atoms with Crippen molar-refractivity contribution in [3.63, 3.8) is 0 Å². The Hall–Kier alpha value is -7.72. The summed E-state index contributed by atoms with van der Waals surface area (Å²) in [6.45, 7) is 0. The van der Waals surface area contributed by atoms with E-state index >= 15 is 0 Å². The summed E-state index contributed by atoms with van der Waals surface area (Å²) >= 11 is 11.8. The van der Waals surface area contributed by atoms with Crippen LogP contribution in [0.3, 0.4) is 0 Å². The SMILES string of the molecule is COC(=O)c1ncoc1-c1ccc([N+](=O)[O-])cc1Cl.COc1cc([N+](=O)[O-])ccc1-c1ocnc1C(=O)O.O=C(O)c1ncoc1-c1ccc([N+](=O)[O-])cc1Cl. The molecular formula is C32H20Cl2N6O16. The van der Waals surface area contributed by atoms with Gasteiger partial charge < -0.3 is 32.9 Å². The summed E-state index contributed by atoms with van der Waals surface area (Å²) in [5, 5.41) is 49.7. The Kier molecular flexibility index (Phi) is 13.1. The molecule has 0 fully saturated rings. The largest absolute Gasteiger partial charge is 0.496 e. The average molecular weight is 815 g/mol. The van der Waals surface area contributed by atoms with E-state index in [1.807, 2.05) is 0 Å². The summed E-state index contributed by atoms with van der Waals surface area (Å²) in [5.41, 5.74) is -0.313. The van der Waals surface area contributed by atoms with Crippen LogP contribution in [0, 0.1) is 30.3 Å². The van der Waals surface area contributed by atoms with Gasteiger partial charge in [-0.15, -0.1) is 0 Å². The van der Waals surface area contributed by atoms with Crippen LogP contribution < -0.4 is 4.74 Å². The van der Waals surface area contributed by atoms with Crippen molar-refractivity contribution >= 4 is 58.2 Å². The maximum absolute atomic E-state index is 11.5. The maximum atomic E-state index is 11.5. The van der Waals surface area contributed by atoms with Gasteiger partial charge in [-0.3, -0.25) is 30.3 Å². The molecule has 0 aliphatic carbocycles. The average Bonchev–Trinajstić information content (AvgIpc) is 3.96. The van der Waals surface area contributed by atoms with E-state index in [1.165, 1.54) is 62.8 Å². The first kappa shape index (κ1) is 41.0. The lowest BCUT2D eigenvalue weighted by Crippen LogP contribution is -2.03. The molecule has 0 aliphatic heterocycles. The van der Waals surface area contributed by atoms with Crippen molar-refractivity contribution in [2.24, 2.45) is 0 Å². The molecule has 6 rings (SSSR count). The molecule has 0 amide bonds. The minimum Gasteiger partial charge on any atom is -0.496 e. The van der Waals surface area contributed by atoms with Gasteiger partial charge in [-0.25, -0.2) is 29.3 Å². The number of rotatable bonds is 10. The van der Waals surface area contributed by atoms with E-state index < -0.39 is 32.7 Å². The number of esters is 1. The number of aromatic carboxylic acids is 2. The van der Waals surface area contributed by atoms with Crippen molar-refractivity contribution in [3.05, 3.63) is 131 Å². The van der Waals surface area contributed by atoms with Gasteiger partial charge >= 0.3 is 17.9 Å². The predicted molar refractivity (Wildman–Crippen MR) is 188 cm³/mol. The number of carbonyl (C=O) groups is 3. The summed E-state index contributed by atoms with van der Waals surface area (Å²) in [5.74, 6) is -3.03. The zero-order chi connectivity index (χ0) is 41.3. The fourth-order valence-electron chi connectivity index (χ4n) is 4.44. The van der Waals surface area contributed by atoms with Gasteiger partial charge in [0.2, 0.25) is 0 Å². The molecule has 2 N–H and O–H groups in total. The highest BCUT2D eigenvalue weighted by Gasteiger charge is 2.24. The van der Waals surface area contributed by atoms with Crippen molar-refractivity contribution < 1.29 is 62.1 Å². The number of aromatic nitrogens is 3. The molecular weight excluding hydrogens is 795 g/mol. The third-order valence-electron chi connectivity index (χ3n) is 6.94. The van der Waals surface area contributed by atoms with Crippen LogP contribution in [0.2, 0.25) is 10.0 Å². The van der Waals surface area contributed by atoms with Crippen LogP contribution in [0.5, 0.6) is 5.75 Å². The zero-order valence-electron chi connectivity index (χ0n) is 28.0. The van der Waals surface area contributed by atoms with Crippen LogP contribution >= 0.6 is 23.2 Å². The molecule has 56 heavy (non-hydrogen) atoms. The maximum Gasteiger partial charge on any atom is 0.360 e. The summed E-state index contributed by atoms with van der Waals surface area (Å²) < 4.78 is 24.6. The Morgan fingerprint density at radius 2 is 0.964 bits per heavy atom. The molecule has 0 bridgehead atoms. The Balaban J connectivity index is 0.000000187. The van der Waals surface area contributed by atoms with Gasteiger partial charge in [-0.2, -0.15) is 0 Å². The molecule has 0 saturated carbocycles. The second-order valence-corrected chi connectivity index (χ2v) is 11.0. The van der Waals surface area contributed by atoms with Gasteiger partial charge in [0.25, 0.3) is 17.1 Å². The quantitative estimate of drug-likeness (QED) is 0.0780. The molecule has 0 aliphatic rings. The fourth-order valence-corrected chi connectivity index (χ4v) is 4.96. The van der Waals surface area contributed by atoms with Crippen LogP contribution in [-0.4, -0.2) is 72.1 Å². The highest BCUT2D eigenvalue weighted by molar-refractivity contribution is 6.34. The van der Waals surface area contributed by atoms with Crippen molar-refractivity contribution in [3.8, 4) is 39.7 Å². The lowest BCUT2D eigenvalue weighted by atomic mass is 10.1. The summed E-state index contributed by atoms with van der Waals surface area (Å²) in [4.78, 5) is 74.2. The number of hydrogen-bond donors (Lipinski definition) is 2. The Bertz CT molecular complexity index is 2480. The Morgan fingerprint density at radius 1 is 0.607 bits per heavy atom. The normalized spacial score (nSPS) is 10.2. The summed E-state index contributed by atoms with van der Waals surface area (Å²) in [7, 11) is 2.53. The first-order valence-corrected chi connectivity index (χ1v) is 15.4. The molecule has 24 heteroatoms. The molecule has 288 valence electrons. The van der Waals surface area contributed by atoms with Crippen LogP contribution in [0.15, 0.2) is 87.0 Å². The van der Waals surface area contributed by atoms with E-state index in [0.717, 1.165) is 25.2 Å². The van der Waals surface area contributed by atoms with Gasteiger partial charge in [-0.05, 0) is 18.2 Å². The van der Waals surface area contributed by atoms with Gasteiger partial charge in [0.05, 0.1) is 50.7 Å². The molecule has 3 aromatic heterocycles. The second-order valence-electron chi connectivity index (χ2n) is 10.2. The lowest BCUT2D eigenvalue weighted by molar-refractivity contribution is -0.385. The topological polar surface area (TPSA) is 318 Å². The highest BCUT2D eigenvalue weighted by atomic mass is 35.5. The molecule has 22 nitrogen and oxygen atoms in total. The molecule has 0 atom stereocenters. The third kappa shape index (κ3) is 9.25. The minimum absolute atomic E-state index is 0.0146. The first-order valence-electron chi connectivity index (χ1n) is 14.7. The molecule has 3 heterocycles. The number of nitro benzene ring substituents is 3.